The molecule has 14 rings (SSSR count). The van der Waals surface area contributed by atoms with Gasteiger partial charge in [-0.2, -0.15) is 0 Å². The van der Waals surface area contributed by atoms with E-state index >= 15 is 0 Å². The van der Waals surface area contributed by atoms with Crippen molar-refractivity contribution in [3.63, 3.8) is 0 Å². The van der Waals surface area contributed by atoms with Crippen molar-refractivity contribution in [3.8, 4) is 27.9 Å². The Hall–Kier alpha value is -8.92. The molecule has 67 heavy (non-hydrogen) atoms. The maximum absolute atomic E-state index is 6.48. The van der Waals surface area contributed by atoms with E-state index in [-0.39, 0.29) is 0 Å². The van der Waals surface area contributed by atoms with Crippen LogP contribution in [-0.2, 0) is 0 Å². The second-order valence-electron chi connectivity index (χ2n) is 17.6. The molecular formula is C64H40N2O. The van der Waals surface area contributed by atoms with Crippen molar-refractivity contribution in [2.24, 2.45) is 0 Å². The molecule has 3 nitrogen and oxygen atoms in total. The molecule has 2 aromatic heterocycles. The standard InChI is InChI=1S/C64H40N2O/c1-2-14-45(15-3-1)66-61-38-30-44(39-60(61)57-36-29-42-13-4-5-16-49(42)63(57)66)41-25-31-46(32-26-41)65(48-35-37-55-53-19-7-6-17-51(53)52-18-8-9-20-54(52)59(55)40-48)47-33-27-43(28-34-47)50-22-12-23-58-56-21-10-11-24-62(56)67-64(50)58/h1-40H. The number of hydrogen-bond donors (Lipinski definition) is 0. The number of nitrogens with zero attached hydrogens (tertiary/aromatic N) is 2. The van der Waals surface area contributed by atoms with Crippen LogP contribution in [0.4, 0.5) is 17.1 Å². The van der Waals surface area contributed by atoms with Gasteiger partial charge in [-0.15, -0.1) is 0 Å². The van der Waals surface area contributed by atoms with Gasteiger partial charge in [-0.3, -0.25) is 0 Å². The lowest BCUT2D eigenvalue weighted by atomic mass is 9.94. The van der Waals surface area contributed by atoms with E-state index in [1.165, 1.54) is 70.5 Å². The van der Waals surface area contributed by atoms with Gasteiger partial charge in [-0.1, -0.05) is 176 Å². The lowest BCUT2D eigenvalue weighted by Crippen LogP contribution is -2.10. The summed E-state index contributed by atoms with van der Waals surface area (Å²) < 4.78 is 8.91. The molecule has 0 fully saturated rings. The number of furan rings is 1. The van der Waals surface area contributed by atoms with Crippen LogP contribution in [0, 0.1) is 0 Å². The molecule has 12 aromatic carbocycles. The normalized spacial score (nSPS) is 11.9. The second kappa shape index (κ2) is 14.8. The topological polar surface area (TPSA) is 21.3 Å². The SMILES string of the molecule is c1ccc(-n2c3ccc(-c4ccc(N(c5ccc(-c6cccc7c6oc6ccccc67)cc5)c5ccc6c7ccccc7c7ccccc7c6c5)cc4)cc3c3ccc4ccccc4c32)cc1. The Kier molecular flexibility index (Phi) is 8.28. The van der Waals surface area contributed by atoms with E-state index in [4.69, 9.17) is 4.42 Å². The van der Waals surface area contributed by atoms with E-state index in [1.54, 1.807) is 0 Å². The highest BCUT2D eigenvalue weighted by Gasteiger charge is 2.19. The van der Waals surface area contributed by atoms with E-state index in [1.807, 2.05) is 12.1 Å². The van der Waals surface area contributed by atoms with Gasteiger partial charge in [0.2, 0.25) is 0 Å². The van der Waals surface area contributed by atoms with Crippen LogP contribution in [0.5, 0.6) is 0 Å². The molecule has 0 atom stereocenters. The Bertz CT molecular complexity index is 4220. The highest BCUT2D eigenvalue weighted by Crippen LogP contribution is 2.44. The Morgan fingerprint density at radius 2 is 0.866 bits per heavy atom. The Balaban J connectivity index is 0.916. The first-order chi connectivity index (χ1) is 33.2. The molecule has 0 aliphatic rings. The summed E-state index contributed by atoms with van der Waals surface area (Å²) in [4.78, 5) is 2.39. The van der Waals surface area contributed by atoms with Crippen molar-refractivity contribution in [2.45, 2.75) is 0 Å². The van der Waals surface area contributed by atoms with E-state index < -0.39 is 0 Å². The molecule has 312 valence electrons. The first-order valence-electron chi connectivity index (χ1n) is 23.0. The van der Waals surface area contributed by atoms with Crippen LogP contribution in [0.1, 0.15) is 0 Å². The minimum absolute atomic E-state index is 0.903. The molecule has 0 aliphatic carbocycles. The number of aromatic nitrogens is 1. The predicted octanol–water partition coefficient (Wildman–Crippen LogP) is 18.1. The monoisotopic (exact) mass is 852 g/mol. The van der Waals surface area contributed by atoms with Crippen LogP contribution < -0.4 is 4.90 Å². The van der Waals surface area contributed by atoms with Crippen LogP contribution in [0.2, 0.25) is 0 Å². The largest absolute Gasteiger partial charge is 0.455 e. The van der Waals surface area contributed by atoms with Gasteiger partial charge in [0.1, 0.15) is 11.2 Å². The van der Waals surface area contributed by atoms with Crippen molar-refractivity contribution in [1.82, 2.24) is 4.57 Å². The zero-order valence-electron chi connectivity index (χ0n) is 36.4. The highest BCUT2D eigenvalue weighted by molar-refractivity contribution is 6.26. The van der Waals surface area contributed by atoms with Crippen molar-refractivity contribution < 1.29 is 4.42 Å². The maximum atomic E-state index is 6.48. The van der Waals surface area contributed by atoms with E-state index in [0.717, 1.165) is 61.4 Å². The number of anilines is 3. The van der Waals surface area contributed by atoms with Gasteiger partial charge in [0.05, 0.1) is 11.0 Å². The number of para-hydroxylation sites is 3. The molecule has 0 amide bonds. The molecule has 14 aromatic rings. The second-order valence-corrected chi connectivity index (χ2v) is 17.6. The van der Waals surface area contributed by atoms with Gasteiger partial charge in [-0.25, -0.2) is 0 Å². The van der Waals surface area contributed by atoms with E-state index in [2.05, 4.69) is 240 Å². The van der Waals surface area contributed by atoms with Gasteiger partial charge in [0.25, 0.3) is 0 Å². The van der Waals surface area contributed by atoms with Crippen LogP contribution >= 0.6 is 0 Å². The number of benzene rings is 12. The third kappa shape index (κ3) is 5.85. The van der Waals surface area contributed by atoms with Gasteiger partial charge in [0, 0.05) is 55.2 Å². The maximum Gasteiger partial charge on any atom is 0.143 e. The molecule has 0 unspecified atom stereocenters. The van der Waals surface area contributed by atoms with Crippen LogP contribution in [-0.4, -0.2) is 4.57 Å². The minimum Gasteiger partial charge on any atom is -0.455 e. The van der Waals surface area contributed by atoms with Crippen LogP contribution in [0.25, 0.3) is 115 Å². The van der Waals surface area contributed by atoms with Crippen molar-refractivity contribution in [2.75, 3.05) is 4.90 Å². The molecule has 0 N–H and O–H groups in total. The zero-order chi connectivity index (χ0) is 44.0. The first-order valence-corrected chi connectivity index (χ1v) is 23.0. The number of fused-ring (bicyclic) bond motifs is 14. The summed E-state index contributed by atoms with van der Waals surface area (Å²) in [6.45, 7) is 0. The number of rotatable bonds is 6. The fourth-order valence-corrected chi connectivity index (χ4v) is 10.9. The quantitative estimate of drug-likeness (QED) is 0.155. The summed E-state index contributed by atoms with van der Waals surface area (Å²) in [6.07, 6.45) is 0. The van der Waals surface area contributed by atoms with Gasteiger partial charge >= 0.3 is 0 Å². The Morgan fingerprint density at radius 1 is 0.313 bits per heavy atom. The molecule has 0 radical (unpaired) electrons. The van der Waals surface area contributed by atoms with Gasteiger partial charge in [-0.05, 0) is 121 Å². The Morgan fingerprint density at radius 3 is 1.60 bits per heavy atom. The average Bonchev–Trinajstić information content (AvgIpc) is 3.96. The minimum atomic E-state index is 0.903. The van der Waals surface area contributed by atoms with Crippen LogP contribution in [0.3, 0.4) is 0 Å². The fraction of sp³-hybridized carbons (Fsp3) is 0. The lowest BCUT2D eigenvalue weighted by molar-refractivity contribution is 0.670. The average molecular weight is 853 g/mol. The predicted molar refractivity (Wildman–Crippen MR) is 284 cm³/mol. The molecule has 0 saturated heterocycles. The summed E-state index contributed by atoms with van der Waals surface area (Å²) in [5.74, 6) is 0. The third-order valence-electron chi connectivity index (χ3n) is 14.0. The molecule has 0 bridgehead atoms. The zero-order valence-corrected chi connectivity index (χ0v) is 36.4. The Labute approximate surface area is 386 Å². The molecule has 0 spiro atoms. The van der Waals surface area contributed by atoms with Crippen molar-refractivity contribution in [3.05, 3.63) is 243 Å². The summed E-state index contributed by atoms with van der Waals surface area (Å²) in [5, 5.41) is 14.8. The van der Waals surface area contributed by atoms with Crippen molar-refractivity contribution in [1.29, 1.82) is 0 Å². The molecular weight excluding hydrogens is 813 g/mol. The van der Waals surface area contributed by atoms with Crippen molar-refractivity contribution >= 4 is 104 Å². The first kappa shape index (κ1) is 37.5. The molecule has 3 heteroatoms. The fourth-order valence-electron chi connectivity index (χ4n) is 10.9. The van der Waals surface area contributed by atoms with E-state index in [0.29, 0.717) is 0 Å². The van der Waals surface area contributed by atoms with Gasteiger partial charge in [0.15, 0.2) is 0 Å². The molecule has 2 heterocycles. The molecule has 0 aliphatic heterocycles. The summed E-state index contributed by atoms with van der Waals surface area (Å²) in [6, 6.07) is 88.3. The summed E-state index contributed by atoms with van der Waals surface area (Å²) in [7, 11) is 0. The summed E-state index contributed by atoms with van der Waals surface area (Å²) in [5.41, 5.74) is 13.2. The van der Waals surface area contributed by atoms with E-state index in [9.17, 15) is 0 Å². The lowest BCUT2D eigenvalue weighted by Gasteiger charge is -2.26. The summed E-state index contributed by atoms with van der Waals surface area (Å²) >= 11 is 0. The van der Waals surface area contributed by atoms with Crippen LogP contribution in [0.15, 0.2) is 247 Å². The van der Waals surface area contributed by atoms with Gasteiger partial charge < -0.3 is 13.9 Å². The highest BCUT2D eigenvalue weighted by atomic mass is 16.3. The smallest absolute Gasteiger partial charge is 0.143 e. The molecule has 0 saturated carbocycles. The third-order valence-corrected chi connectivity index (χ3v) is 14.0. The number of hydrogen-bond acceptors (Lipinski definition) is 2.